The van der Waals surface area contributed by atoms with Crippen LogP contribution >= 0.6 is 0 Å². The lowest BCUT2D eigenvalue weighted by atomic mass is 10.2. The number of nitrogens with zero attached hydrogens (tertiary/aromatic N) is 3. The summed E-state index contributed by atoms with van der Waals surface area (Å²) in [7, 11) is 1.84. The second kappa shape index (κ2) is 5.48. The van der Waals surface area contributed by atoms with E-state index in [4.69, 9.17) is 0 Å². The maximum atomic E-state index is 12.1. The predicted molar refractivity (Wildman–Crippen MR) is 80.5 cm³/mol. The van der Waals surface area contributed by atoms with Crippen LogP contribution in [-0.2, 0) is 13.6 Å². The Morgan fingerprint density at radius 3 is 2.86 bits per heavy atom. The molecule has 2 N–H and O–H groups in total. The van der Waals surface area contributed by atoms with E-state index in [2.05, 4.69) is 22.2 Å². The van der Waals surface area contributed by atoms with Crippen LogP contribution in [0.5, 0.6) is 0 Å². The predicted octanol–water partition coefficient (Wildman–Crippen LogP) is 0.648. The zero-order valence-corrected chi connectivity index (χ0v) is 12.5. The van der Waals surface area contributed by atoms with Gasteiger partial charge in [0.1, 0.15) is 5.82 Å². The highest BCUT2D eigenvalue weighted by molar-refractivity contribution is 5.71. The van der Waals surface area contributed by atoms with E-state index in [0.29, 0.717) is 17.7 Å². The highest BCUT2D eigenvalue weighted by atomic mass is 16.2. The minimum absolute atomic E-state index is 0.163. The first kappa shape index (κ1) is 14.1. The molecule has 21 heavy (non-hydrogen) atoms. The van der Waals surface area contributed by atoms with Gasteiger partial charge in [0.05, 0.1) is 6.04 Å². The van der Waals surface area contributed by atoms with Gasteiger partial charge in [0.2, 0.25) is 0 Å². The molecule has 0 amide bonds. The number of rotatable bonds is 4. The van der Waals surface area contributed by atoms with Gasteiger partial charge in [-0.3, -0.25) is 14.3 Å². The summed E-state index contributed by atoms with van der Waals surface area (Å²) in [5.74, 6) is 0.837. The SMILES string of the molecule is CCCCn1c(=O)[nH]c(=O)c2c1nc(C1CCCN1)n2C. The molecule has 0 aliphatic carbocycles. The van der Waals surface area contributed by atoms with Crippen LogP contribution in [0.25, 0.3) is 11.2 Å². The molecule has 7 nitrogen and oxygen atoms in total. The van der Waals surface area contributed by atoms with Gasteiger partial charge in [0.25, 0.3) is 5.56 Å². The second-order valence-electron chi connectivity index (χ2n) is 5.61. The zero-order valence-electron chi connectivity index (χ0n) is 12.5. The van der Waals surface area contributed by atoms with Gasteiger partial charge in [-0.1, -0.05) is 13.3 Å². The minimum Gasteiger partial charge on any atom is -0.324 e. The Labute approximate surface area is 122 Å². The lowest BCUT2D eigenvalue weighted by molar-refractivity contribution is 0.582. The third kappa shape index (κ3) is 2.31. The van der Waals surface area contributed by atoms with Gasteiger partial charge in [0, 0.05) is 13.6 Å². The molecule has 1 unspecified atom stereocenters. The molecule has 2 aromatic heterocycles. The highest BCUT2D eigenvalue weighted by Gasteiger charge is 2.24. The molecule has 0 saturated carbocycles. The van der Waals surface area contributed by atoms with Crippen LogP contribution < -0.4 is 16.6 Å². The van der Waals surface area contributed by atoms with Crippen molar-refractivity contribution < 1.29 is 0 Å². The molecule has 0 radical (unpaired) electrons. The number of unbranched alkanes of at least 4 members (excludes halogenated alkanes) is 1. The van der Waals surface area contributed by atoms with Crippen molar-refractivity contribution in [3.05, 3.63) is 26.7 Å². The molecule has 7 heteroatoms. The lowest BCUT2D eigenvalue weighted by Crippen LogP contribution is -2.31. The average Bonchev–Trinajstić information content (AvgIpc) is 3.06. The summed E-state index contributed by atoms with van der Waals surface area (Å²) < 4.78 is 3.40. The van der Waals surface area contributed by atoms with Crippen LogP contribution in [0, 0.1) is 0 Å². The zero-order chi connectivity index (χ0) is 15.0. The summed E-state index contributed by atoms with van der Waals surface area (Å²) in [5.41, 5.74) is 0.254. The topological polar surface area (TPSA) is 84.7 Å². The van der Waals surface area contributed by atoms with E-state index in [1.54, 1.807) is 4.57 Å². The third-order valence-corrected chi connectivity index (χ3v) is 4.15. The first-order valence-corrected chi connectivity index (χ1v) is 7.56. The molecular formula is C14H21N5O2. The quantitative estimate of drug-likeness (QED) is 0.866. The van der Waals surface area contributed by atoms with E-state index in [-0.39, 0.29) is 17.3 Å². The third-order valence-electron chi connectivity index (χ3n) is 4.15. The molecule has 114 valence electrons. The smallest absolute Gasteiger partial charge is 0.324 e. The van der Waals surface area contributed by atoms with Gasteiger partial charge in [-0.15, -0.1) is 0 Å². The van der Waals surface area contributed by atoms with Gasteiger partial charge >= 0.3 is 5.69 Å². The number of hydrogen-bond acceptors (Lipinski definition) is 4. The molecule has 1 saturated heterocycles. The van der Waals surface area contributed by atoms with Crippen LogP contribution in [0.15, 0.2) is 9.59 Å². The van der Waals surface area contributed by atoms with Crippen LogP contribution in [0.1, 0.15) is 44.5 Å². The second-order valence-corrected chi connectivity index (χ2v) is 5.61. The molecule has 0 bridgehead atoms. The molecule has 1 fully saturated rings. The Bertz CT molecular complexity index is 764. The fourth-order valence-corrected chi connectivity index (χ4v) is 3.00. The summed E-state index contributed by atoms with van der Waals surface area (Å²) in [5, 5.41) is 3.39. The standard InChI is InChI=1S/C14H21N5O2/c1-3-4-8-19-12-10(13(20)17-14(19)21)18(2)11(16-12)9-6-5-7-15-9/h9,15H,3-8H2,1-2H3,(H,17,20,21). The lowest BCUT2D eigenvalue weighted by Gasteiger charge is -2.09. The fraction of sp³-hybridized carbons (Fsp3) is 0.643. The van der Waals surface area contributed by atoms with E-state index >= 15 is 0 Å². The minimum atomic E-state index is -0.370. The number of hydrogen-bond donors (Lipinski definition) is 2. The van der Waals surface area contributed by atoms with Crippen molar-refractivity contribution in [2.24, 2.45) is 7.05 Å². The first-order chi connectivity index (χ1) is 10.1. The van der Waals surface area contributed by atoms with Crippen molar-refractivity contribution in [2.75, 3.05) is 6.54 Å². The molecule has 0 aromatic carbocycles. The van der Waals surface area contributed by atoms with E-state index in [1.807, 2.05) is 11.6 Å². The number of aromatic nitrogens is 4. The monoisotopic (exact) mass is 291 g/mol. The molecule has 0 spiro atoms. The molecule has 1 atom stereocenters. The van der Waals surface area contributed by atoms with Crippen LogP contribution in [0.3, 0.4) is 0 Å². The Morgan fingerprint density at radius 1 is 1.38 bits per heavy atom. The number of aromatic amines is 1. The van der Waals surface area contributed by atoms with Gasteiger partial charge in [-0.25, -0.2) is 9.78 Å². The van der Waals surface area contributed by atoms with Crippen LogP contribution in [0.4, 0.5) is 0 Å². The van der Waals surface area contributed by atoms with E-state index in [1.165, 1.54) is 0 Å². The molecule has 2 aromatic rings. The number of H-pyrrole nitrogens is 1. The van der Waals surface area contributed by atoms with Gasteiger partial charge in [-0.2, -0.15) is 0 Å². The molecular weight excluding hydrogens is 270 g/mol. The average molecular weight is 291 g/mol. The molecule has 3 heterocycles. The van der Waals surface area contributed by atoms with Crippen LogP contribution in [0.2, 0.25) is 0 Å². The Kier molecular flexibility index (Phi) is 3.67. The molecule has 1 aliphatic rings. The van der Waals surface area contributed by atoms with Gasteiger partial charge in [-0.05, 0) is 25.8 Å². The Balaban J connectivity index is 2.21. The normalized spacial score (nSPS) is 18.7. The fourth-order valence-electron chi connectivity index (χ4n) is 3.00. The first-order valence-electron chi connectivity index (χ1n) is 7.56. The Hall–Kier alpha value is -1.89. The van der Waals surface area contributed by atoms with Gasteiger partial charge < -0.3 is 9.88 Å². The summed E-state index contributed by atoms with van der Waals surface area (Å²) in [4.78, 5) is 31.2. The summed E-state index contributed by atoms with van der Waals surface area (Å²) in [6.07, 6.45) is 3.98. The number of imidazole rings is 1. The molecule has 3 rings (SSSR count). The van der Waals surface area contributed by atoms with Crippen molar-refractivity contribution in [3.63, 3.8) is 0 Å². The number of aryl methyl sites for hydroxylation is 2. The number of fused-ring (bicyclic) bond motifs is 1. The maximum Gasteiger partial charge on any atom is 0.330 e. The van der Waals surface area contributed by atoms with Crippen molar-refractivity contribution in [3.8, 4) is 0 Å². The van der Waals surface area contributed by atoms with E-state index < -0.39 is 0 Å². The summed E-state index contributed by atoms with van der Waals surface area (Å²) in [6, 6.07) is 0.163. The highest BCUT2D eigenvalue weighted by Crippen LogP contribution is 2.23. The summed E-state index contributed by atoms with van der Waals surface area (Å²) >= 11 is 0. The van der Waals surface area contributed by atoms with Crippen molar-refractivity contribution in [2.45, 2.75) is 45.2 Å². The largest absolute Gasteiger partial charge is 0.330 e. The molecule has 1 aliphatic heterocycles. The van der Waals surface area contributed by atoms with E-state index in [0.717, 1.165) is 38.1 Å². The Morgan fingerprint density at radius 2 is 2.19 bits per heavy atom. The van der Waals surface area contributed by atoms with Crippen molar-refractivity contribution >= 4 is 11.2 Å². The van der Waals surface area contributed by atoms with E-state index in [9.17, 15) is 9.59 Å². The number of nitrogens with one attached hydrogen (secondary N) is 2. The summed E-state index contributed by atoms with van der Waals surface area (Å²) in [6.45, 7) is 3.62. The maximum absolute atomic E-state index is 12.1. The van der Waals surface area contributed by atoms with Crippen LogP contribution in [-0.4, -0.2) is 25.6 Å². The van der Waals surface area contributed by atoms with Gasteiger partial charge in [0.15, 0.2) is 11.2 Å². The van der Waals surface area contributed by atoms with Crippen molar-refractivity contribution in [1.29, 1.82) is 0 Å². The van der Waals surface area contributed by atoms with Crippen molar-refractivity contribution in [1.82, 2.24) is 24.4 Å².